The number of ether oxygens (including phenoxy) is 2. The van der Waals surface area contributed by atoms with Gasteiger partial charge in [-0.05, 0) is 48.1 Å². The van der Waals surface area contributed by atoms with E-state index in [0.717, 1.165) is 48.3 Å². The molecule has 2 fully saturated rings. The molecule has 5 rings (SSSR count). The maximum Gasteiger partial charge on any atom is 0.407 e. The number of nitrogens with zero attached hydrogens (tertiary/aromatic N) is 2. The molecule has 0 radical (unpaired) electrons. The number of aliphatic hydroxyl groups is 1. The summed E-state index contributed by atoms with van der Waals surface area (Å²) in [5.41, 5.74) is 2.69. The van der Waals surface area contributed by atoms with Crippen molar-refractivity contribution in [3.8, 4) is 22.6 Å². The number of carbonyl (C=O) groups is 1. The largest absolute Gasteiger partial charge is 0.465 e. The molecular formula is C26H32N2O5. The second kappa shape index (κ2) is 9.23. The summed E-state index contributed by atoms with van der Waals surface area (Å²) in [5, 5.41) is 20.7. The van der Waals surface area contributed by atoms with E-state index in [9.17, 15) is 15.0 Å². The average molecular weight is 453 g/mol. The zero-order valence-electron chi connectivity index (χ0n) is 18.9. The van der Waals surface area contributed by atoms with Gasteiger partial charge in [0.15, 0.2) is 11.5 Å². The summed E-state index contributed by atoms with van der Waals surface area (Å²) in [6.45, 7) is 2.62. The molecule has 7 nitrogen and oxygen atoms in total. The molecule has 3 aliphatic rings. The van der Waals surface area contributed by atoms with Gasteiger partial charge in [-0.2, -0.15) is 0 Å². The summed E-state index contributed by atoms with van der Waals surface area (Å²) in [6, 6.07) is 14.6. The van der Waals surface area contributed by atoms with Crippen LogP contribution in [-0.2, 0) is 0 Å². The molecule has 1 saturated heterocycles. The Morgan fingerprint density at radius 2 is 1.58 bits per heavy atom. The predicted octanol–water partition coefficient (Wildman–Crippen LogP) is 4.50. The highest BCUT2D eigenvalue weighted by molar-refractivity contribution is 5.68. The third kappa shape index (κ3) is 4.80. The average Bonchev–Trinajstić information content (AvgIpc) is 3.31. The van der Waals surface area contributed by atoms with Crippen molar-refractivity contribution in [3.63, 3.8) is 0 Å². The lowest BCUT2D eigenvalue weighted by Gasteiger charge is -2.43. The Morgan fingerprint density at radius 1 is 0.909 bits per heavy atom. The molecule has 176 valence electrons. The van der Waals surface area contributed by atoms with Gasteiger partial charge in [0.1, 0.15) is 0 Å². The molecule has 0 aromatic heterocycles. The molecule has 2 N–H and O–H groups in total. The van der Waals surface area contributed by atoms with E-state index in [4.69, 9.17) is 9.47 Å². The fourth-order valence-corrected chi connectivity index (χ4v) is 5.43. The molecule has 1 saturated carbocycles. The molecule has 2 aliphatic heterocycles. The predicted molar refractivity (Wildman–Crippen MR) is 125 cm³/mol. The van der Waals surface area contributed by atoms with Gasteiger partial charge in [0.2, 0.25) is 6.79 Å². The van der Waals surface area contributed by atoms with Crippen LogP contribution in [0.15, 0.2) is 42.5 Å². The summed E-state index contributed by atoms with van der Waals surface area (Å²) in [5.74, 6) is 1.54. The van der Waals surface area contributed by atoms with E-state index in [-0.39, 0.29) is 12.8 Å². The van der Waals surface area contributed by atoms with E-state index in [1.54, 1.807) is 0 Å². The molecule has 1 amide bonds. The van der Waals surface area contributed by atoms with Gasteiger partial charge in [-0.15, -0.1) is 0 Å². The number of benzene rings is 2. The van der Waals surface area contributed by atoms with Gasteiger partial charge in [-0.25, -0.2) is 4.79 Å². The van der Waals surface area contributed by atoms with E-state index in [1.807, 2.05) is 18.2 Å². The third-order valence-electron chi connectivity index (χ3n) is 7.38. The van der Waals surface area contributed by atoms with Crippen LogP contribution in [0.5, 0.6) is 11.5 Å². The molecule has 0 bridgehead atoms. The van der Waals surface area contributed by atoms with Gasteiger partial charge in [0.25, 0.3) is 0 Å². The van der Waals surface area contributed by atoms with Crippen molar-refractivity contribution in [1.29, 1.82) is 0 Å². The van der Waals surface area contributed by atoms with Gasteiger partial charge < -0.3 is 24.6 Å². The minimum Gasteiger partial charge on any atom is -0.465 e. The normalized spacial score (nSPS) is 21.1. The standard InChI is InChI=1S/C26H32N2O5/c29-25(30)28-14-12-27(13-15-28)22(17-26(31)10-2-1-3-11-26)20-6-4-19(5-7-20)21-8-9-23-24(16-21)33-18-32-23/h4-9,16,22,31H,1-3,10-15,17-18H2,(H,29,30). The Kier molecular flexibility index (Phi) is 6.17. The Hall–Kier alpha value is -2.77. The van der Waals surface area contributed by atoms with Crippen LogP contribution in [0.25, 0.3) is 11.1 Å². The van der Waals surface area contributed by atoms with Crippen LogP contribution < -0.4 is 9.47 Å². The van der Waals surface area contributed by atoms with Crippen LogP contribution in [0, 0.1) is 0 Å². The lowest BCUT2D eigenvalue weighted by atomic mass is 9.78. The molecule has 2 heterocycles. The summed E-state index contributed by atoms with van der Waals surface area (Å²) in [7, 11) is 0. The number of hydrogen-bond donors (Lipinski definition) is 2. The second-order valence-electron chi connectivity index (χ2n) is 9.50. The monoisotopic (exact) mass is 452 g/mol. The fourth-order valence-electron chi connectivity index (χ4n) is 5.43. The van der Waals surface area contributed by atoms with Crippen molar-refractivity contribution in [3.05, 3.63) is 48.0 Å². The molecule has 33 heavy (non-hydrogen) atoms. The molecule has 1 atom stereocenters. The van der Waals surface area contributed by atoms with Crippen LogP contribution in [-0.4, -0.2) is 64.7 Å². The number of rotatable bonds is 5. The van der Waals surface area contributed by atoms with Crippen LogP contribution in [0.3, 0.4) is 0 Å². The van der Waals surface area contributed by atoms with Gasteiger partial charge in [0.05, 0.1) is 5.60 Å². The van der Waals surface area contributed by atoms with E-state index >= 15 is 0 Å². The topological polar surface area (TPSA) is 82.5 Å². The maximum absolute atomic E-state index is 11.4. The molecule has 1 unspecified atom stereocenters. The van der Waals surface area contributed by atoms with E-state index in [2.05, 4.69) is 29.2 Å². The minimum absolute atomic E-state index is 0.0647. The van der Waals surface area contributed by atoms with Gasteiger partial charge in [-0.1, -0.05) is 49.6 Å². The van der Waals surface area contributed by atoms with Crippen molar-refractivity contribution in [2.45, 2.75) is 50.2 Å². The first-order chi connectivity index (χ1) is 16.0. The molecule has 2 aromatic carbocycles. The number of hydrogen-bond acceptors (Lipinski definition) is 5. The fraction of sp³-hybridized carbons (Fsp3) is 0.500. The van der Waals surface area contributed by atoms with Crippen molar-refractivity contribution < 1.29 is 24.5 Å². The highest BCUT2D eigenvalue weighted by Crippen LogP contribution is 2.40. The molecule has 7 heteroatoms. The first-order valence-corrected chi connectivity index (χ1v) is 12.0. The highest BCUT2D eigenvalue weighted by Gasteiger charge is 2.36. The smallest absolute Gasteiger partial charge is 0.407 e. The van der Waals surface area contributed by atoms with Gasteiger partial charge >= 0.3 is 6.09 Å². The highest BCUT2D eigenvalue weighted by atomic mass is 16.7. The van der Waals surface area contributed by atoms with Crippen molar-refractivity contribution in [2.75, 3.05) is 33.0 Å². The minimum atomic E-state index is -0.856. The van der Waals surface area contributed by atoms with Gasteiger partial charge in [-0.3, -0.25) is 4.90 Å². The zero-order valence-corrected chi connectivity index (χ0v) is 18.9. The maximum atomic E-state index is 11.4. The third-order valence-corrected chi connectivity index (χ3v) is 7.38. The number of carboxylic acid groups (broad SMARTS) is 1. The molecule has 0 spiro atoms. The van der Waals surface area contributed by atoms with E-state index in [0.29, 0.717) is 32.6 Å². The van der Waals surface area contributed by atoms with E-state index in [1.165, 1.54) is 16.9 Å². The number of piperazine rings is 1. The number of fused-ring (bicyclic) bond motifs is 1. The molecule has 2 aromatic rings. The summed E-state index contributed by atoms with van der Waals surface area (Å²) < 4.78 is 10.9. The van der Waals surface area contributed by atoms with E-state index < -0.39 is 11.7 Å². The first kappa shape index (κ1) is 22.0. The Morgan fingerprint density at radius 3 is 2.27 bits per heavy atom. The van der Waals surface area contributed by atoms with Crippen molar-refractivity contribution >= 4 is 6.09 Å². The quantitative estimate of drug-likeness (QED) is 0.695. The lowest BCUT2D eigenvalue weighted by Crippen LogP contribution is -2.50. The lowest BCUT2D eigenvalue weighted by molar-refractivity contribution is -0.0335. The van der Waals surface area contributed by atoms with Crippen LogP contribution in [0.4, 0.5) is 4.79 Å². The molecule has 1 aliphatic carbocycles. The van der Waals surface area contributed by atoms with Crippen molar-refractivity contribution in [2.24, 2.45) is 0 Å². The molecular weight excluding hydrogens is 420 g/mol. The Bertz CT molecular complexity index is 979. The summed E-state index contributed by atoms with van der Waals surface area (Å²) in [4.78, 5) is 15.2. The summed E-state index contributed by atoms with van der Waals surface area (Å²) in [6.07, 6.45) is 4.84. The Labute approximate surface area is 194 Å². The van der Waals surface area contributed by atoms with Crippen LogP contribution in [0.1, 0.15) is 50.1 Å². The zero-order chi connectivity index (χ0) is 22.8. The summed E-state index contributed by atoms with van der Waals surface area (Å²) >= 11 is 0. The number of amides is 1. The van der Waals surface area contributed by atoms with Gasteiger partial charge in [0, 0.05) is 32.2 Å². The Balaban J connectivity index is 1.38. The first-order valence-electron chi connectivity index (χ1n) is 12.0. The SMILES string of the molecule is O=C(O)N1CCN(C(CC2(O)CCCCC2)c2ccc(-c3ccc4c(c3)OCO4)cc2)CC1. The second-order valence-corrected chi connectivity index (χ2v) is 9.50. The van der Waals surface area contributed by atoms with Crippen molar-refractivity contribution in [1.82, 2.24) is 9.80 Å². The van der Waals surface area contributed by atoms with Crippen LogP contribution in [0.2, 0.25) is 0 Å². The van der Waals surface area contributed by atoms with Crippen LogP contribution >= 0.6 is 0 Å².